The Kier molecular flexibility index (Phi) is 5.33. The van der Waals surface area contributed by atoms with Gasteiger partial charge in [0.15, 0.2) is 0 Å². The van der Waals surface area contributed by atoms with E-state index in [2.05, 4.69) is 20.6 Å². The first kappa shape index (κ1) is 16.2. The summed E-state index contributed by atoms with van der Waals surface area (Å²) in [5.41, 5.74) is 3.15. The van der Waals surface area contributed by atoms with Gasteiger partial charge in [0.05, 0.1) is 10.7 Å². The molecule has 0 saturated heterocycles. The van der Waals surface area contributed by atoms with Gasteiger partial charge in [-0.1, -0.05) is 24.6 Å². The summed E-state index contributed by atoms with van der Waals surface area (Å²) in [5, 5.41) is 6.47. The molecule has 1 amide bonds. The van der Waals surface area contributed by atoms with E-state index in [1.54, 1.807) is 12.3 Å². The number of amides is 1. The maximum Gasteiger partial charge on any atom is 0.270 e. The molecule has 2 aromatic rings. The SMILES string of the molecule is CCCNC(=O)c1ccnc(Nc2c(C)cc(C)cc2Cl)n1. The van der Waals surface area contributed by atoms with Crippen LogP contribution >= 0.6 is 11.6 Å². The number of hydrogen-bond donors (Lipinski definition) is 2. The maximum absolute atomic E-state index is 11.9. The number of aryl methyl sites for hydroxylation is 2. The Morgan fingerprint density at radius 1 is 1.32 bits per heavy atom. The average molecular weight is 319 g/mol. The van der Waals surface area contributed by atoms with E-state index in [4.69, 9.17) is 11.6 Å². The van der Waals surface area contributed by atoms with Gasteiger partial charge in [0.1, 0.15) is 5.69 Å². The quantitative estimate of drug-likeness (QED) is 0.883. The molecular weight excluding hydrogens is 300 g/mol. The number of aromatic nitrogens is 2. The van der Waals surface area contributed by atoms with Crippen LogP contribution in [0, 0.1) is 13.8 Å². The highest BCUT2D eigenvalue weighted by Gasteiger charge is 2.10. The van der Waals surface area contributed by atoms with E-state index < -0.39 is 0 Å². The van der Waals surface area contributed by atoms with Crippen LogP contribution in [-0.4, -0.2) is 22.4 Å². The molecule has 0 fully saturated rings. The Morgan fingerprint density at radius 3 is 2.77 bits per heavy atom. The van der Waals surface area contributed by atoms with Crippen molar-refractivity contribution in [2.24, 2.45) is 0 Å². The maximum atomic E-state index is 11.9. The largest absolute Gasteiger partial charge is 0.351 e. The zero-order chi connectivity index (χ0) is 16.1. The van der Waals surface area contributed by atoms with E-state index in [0.29, 0.717) is 23.2 Å². The highest BCUT2D eigenvalue weighted by Crippen LogP contribution is 2.29. The van der Waals surface area contributed by atoms with Crippen molar-refractivity contribution in [2.75, 3.05) is 11.9 Å². The standard InChI is InChI=1S/C16H19ClN4O/c1-4-6-18-15(22)13-5-7-19-16(20-13)21-14-11(3)8-10(2)9-12(14)17/h5,7-9H,4,6H2,1-3H3,(H,18,22)(H,19,20,21). The van der Waals surface area contributed by atoms with Gasteiger partial charge in [0.2, 0.25) is 5.95 Å². The van der Waals surface area contributed by atoms with Crippen LogP contribution in [0.4, 0.5) is 11.6 Å². The summed E-state index contributed by atoms with van der Waals surface area (Å²) in [6.45, 7) is 6.56. The van der Waals surface area contributed by atoms with Crippen LogP contribution in [0.1, 0.15) is 35.0 Å². The van der Waals surface area contributed by atoms with E-state index in [-0.39, 0.29) is 5.91 Å². The Morgan fingerprint density at radius 2 is 2.09 bits per heavy atom. The van der Waals surface area contributed by atoms with E-state index in [1.807, 2.05) is 32.9 Å². The van der Waals surface area contributed by atoms with Crippen molar-refractivity contribution < 1.29 is 4.79 Å². The Labute approximate surface area is 135 Å². The number of halogens is 1. The highest BCUT2D eigenvalue weighted by atomic mass is 35.5. The molecule has 1 aromatic heterocycles. The molecule has 1 heterocycles. The third kappa shape index (κ3) is 3.95. The van der Waals surface area contributed by atoms with Gasteiger partial charge in [0.25, 0.3) is 5.91 Å². The summed E-state index contributed by atoms with van der Waals surface area (Å²) in [6.07, 6.45) is 2.42. The van der Waals surface area contributed by atoms with Crippen LogP contribution in [0.3, 0.4) is 0 Å². The van der Waals surface area contributed by atoms with Crippen molar-refractivity contribution in [1.29, 1.82) is 0 Å². The summed E-state index contributed by atoms with van der Waals surface area (Å²) in [7, 11) is 0. The zero-order valence-electron chi connectivity index (χ0n) is 12.9. The molecule has 5 nitrogen and oxygen atoms in total. The topological polar surface area (TPSA) is 66.9 Å². The van der Waals surface area contributed by atoms with Gasteiger partial charge in [-0.15, -0.1) is 0 Å². The number of carbonyl (C=O) groups excluding carboxylic acids is 1. The smallest absolute Gasteiger partial charge is 0.270 e. The fourth-order valence-electron chi connectivity index (χ4n) is 2.06. The molecule has 2 N–H and O–H groups in total. The second kappa shape index (κ2) is 7.22. The molecule has 0 spiro atoms. The fourth-order valence-corrected chi connectivity index (χ4v) is 2.43. The van der Waals surface area contributed by atoms with Crippen molar-refractivity contribution in [3.63, 3.8) is 0 Å². The number of rotatable bonds is 5. The van der Waals surface area contributed by atoms with E-state index >= 15 is 0 Å². The molecule has 0 bridgehead atoms. The molecule has 6 heteroatoms. The zero-order valence-corrected chi connectivity index (χ0v) is 13.7. The first-order valence-electron chi connectivity index (χ1n) is 7.16. The third-order valence-electron chi connectivity index (χ3n) is 3.09. The highest BCUT2D eigenvalue weighted by molar-refractivity contribution is 6.33. The third-order valence-corrected chi connectivity index (χ3v) is 3.39. The monoisotopic (exact) mass is 318 g/mol. The predicted molar refractivity (Wildman–Crippen MR) is 88.9 cm³/mol. The van der Waals surface area contributed by atoms with Gasteiger partial charge in [-0.05, 0) is 43.5 Å². The predicted octanol–water partition coefficient (Wildman–Crippen LogP) is 3.63. The van der Waals surface area contributed by atoms with Crippen LogP contribution in [-0.2, 0) is 0 Å². The number of nitrogens with one attached hydrogen (secondary N) is 2. The lowest BCUT2D eigenvalue weighted by Gasteiger charge is -2.12. The Balaban J connectivity index is 2.22. The first-order chi connectivity index (χ1) is 10.5. The molecule has 0 radical (unpaired) electrons. The van der Waals surface area contributed by atoms with Crippen molar-refractivity contribution in [2.45, 2.75) is 27.2 Å². The normalized spacial score (nSPS) is 10.4. The Hall–Kier alpha value is -2.14. The minimum atomic E-state index is -0.209. The summed E-state index contributed by atoms with van der Waals surface area (Å²) in [6, 6.07) is 5.47. The van der Waals surface area contributed by atoms with Crippen molar-refractivity contribution in [1.82, 2.24) is 15.3 Å². The molecule has 2 rings (SSSR count). The molecule has 1 aromatic carbocycles. The van der Waals surface area contributed by atoms with E-state index in [9.17, 15) is 4.79 Å². The minimum absolute atomic E-state index is 0.209. The van der Waals surface area contributed by atoms with Crippen LogP contribution in [0.2, 0.25) is 5.02 Å². The Bertz CT molecular complexity index is 665. The summed E-state index contributed by atoms with van der Waals surface area (Å²) in [4.78, 5) is 20.3. The number of hydrogen-bond acceptors (Lipinski definition) is 4. The van der Waals surface area contributed by atoms with Gasteiger partial charge in [0, 0.05) is 12.7 Å². The van der Waals surface area contributed by atoms with Gasteiger partial charge in [-0.3, -0.25) is 4.79 Å². The van der Waals surface area contributed by atoms with Gasteiger partial charge < -0.3 is 10.6 Å². The van der Waals surface area contributed by atoms with E-state index in [1.165, 1.54) is 0 Å². The second-order valence-corrected chi connectivity index (χ2v) is 5.49. The molecule has 0 unspecified atom stereocenters. The van der Waals surface area contributed by atoms with Crippen LogP contribution in [0.15, 0.2) is 24.4 Å². The molecule has 0 atom stereocenters. The summed E-state index contributed by atoms with van der Waals surface area (Å²) >= 11 is 6.26. The van der Waals surface area contributed by atoms with Crippen LogP contribution in [0.5, 0.6) is 0 Å². The number of benzene rings is 1. The lowest BCUT2D eigenvalue weighted by atomic mass is 10.1. The molecule has 0 aliphatic heterocycles. The number of nitrogens with zero attached hydrogens (tertiary/aromatic N) is 2. The first-order valence-corrected chi connectivity index (χ1v) is 7.54. The van der Waals surface area contributed by atoms with Crippen molar-refractivity contribution in [3.05, 3.63) is 46.2 Å². The average Bonchev–Trinajstić information content (AvgIpc) is 2.48. The molecule has 116 valence electrons. The lowest BCUT2D eigenvalue weighted by molar-refractivity contribution is 0.0948. The molecule has 0 aliphatic carbocycles. The number of carbonyl (C=O) groups is 1. The molecule has 0 saturated carbocycles. The summed E-state index contributed by atoms with van der Waals surface area (Å²) in [5.74, 6) is 0.136. The van der Waals surface area contributed by atoms with Gasteiger partial charge in [-0.2, -0.15) is 0 Å². The van der Waals surface area contributed by atoms with E-state index in [0.717, 1.165) is 23.2 Å². The van der Waals surface area contributed by atoms with Crippen molar-refractivity contribution >= 4 is 29.1 Å². The molecule has 0 aliphatic rings. The van der Waals surface area contributed by atoms with Crippen LogP contribution in [0.25, 0.3) is 0 Å². The second-order valence-electron chi connectivity index (χ2n) is 5.09. The van der Waals surface area contributed by atoms with Gasteiger partial charge >= 0.3 is 0 Å². The fraction of sp³-hybridized carbons (Fsp3) is 0.312. The van der Waals surface area contributed by atoms with Gasteiger partial charge in [-0.25, -0.2) is 9.97 Å². The summed E-state index contributed by atoms with van der Waals surface area (Å²) < 4.78 is 0. The molecular formula is C16H19ClN4O. The lowest BCUT2D eigenvalue weighted by Crippen LogP contribution is -2.25. The van der Waals surface area contributed by atoms with Crippen LogP contribution < -0.4 is 10.6 Å². The van der Waals surface area contributed by atoms with Crippen molar-refractivity contribution in [3.8, 4) is 0 Å². The number of anilines is 2. The minimum Gasteiger partial charge on any atom is -0.351 e. The molecule has 22 heavy (non-hydrogen) atoms.